The van der Waals surface area contributed by atoms with Crippen molar-refractivity contribution in [2.24, 2.45) is 0 Å². The minimum Gasteiger partial charge on any atom is -0.506 e. The van der Waals surface area contributed by atoms with Crippen molar-refractivity contribution in [3.8, 4) is 11.5 Å². The van der Waals surface area contributed by atoms with E-state index in [-0.39, 0.29) is 10.2 Å². The van der Waals surface area contributed by atoms with E-state index < -0.39 is 17.5 Å². The van der Waals surface area contributed by atoms with Crippen molar-refractivity contribution < 1.29 is 23.0 Å². The molecule has 0 aromatic heterocycles. The van der Waals surface area contributed by atoms with E-state index in [1.807, 2.05) is 0 Å². The summed E-state index contributed by atoms with van der Waals surface area (Å²) >= 11 is 2.80. The minimum atomic E-state index is -4.60. The van der Waals surface area contributed by atoms with E-state index in [9.17, 15) is 13.2 Å². The molecule has 0 spiro atoms. The normalized spacial score (nSPS) is 11.5. The van der Waals surface area contributed by atoms with Crippen LogP contribution in [0.25, 0.3) is 0 Å². The fraction of sp³-hybridized carbons (Fsp3) is 0.250. The Balaban J connectivity index is 3.35. The molecular weight excluding hydrogens is 265 g/mol. The molecule has 0 saturated heterocycles. The lowest BCUT2D eigenvalue weighted by molar-refractivity contribution is -0.138. The van der Waals surface area contributed by atoms with E-state index in [1.54, 1.807) is 0 Å². The second-order valence-corrected chi connectivity index (χ2v) is 3.36. The lowest BCUT2D eigenvalue weighted by atomic mass is 10.2. The summed E-state index contributed by atoms with van der Waals surface area (Å²) < 4.78 is 41.5. The zero-order valence-corrected chi connectivity index (χ0v) is 8.61. The molecule has 14 heavy (non-hydrogen) atoms. The third-order valence-corrected chi connectivity index (χ3v) is 2.18. The molecule has 0 aliphatic carbocycles. The topological polar surface area (TPSA) is 29.5 Å². The number of alkyl halides is 3. The molecule has 0 radical (unpaired) electrons. The highest BCUT2D eigenvalue weighted by molar-refractivity contribution is 9.10. The molecule has 0 atom stereocenters. The van der Waals surface area contributed by atoms with Crippen molar-refractivity contribution in [2.45, 2.75) is 6.18 Å². The van der Waals surface area contributed by atoms with Gasteiger partial charge < -0.3 is 9.84 Å². The molecule has 0 bridgehead atoms. The maximum atomic E-state index is 12.3. The van der Waals surface area contributed by atoms with E-state index in [0.29, 0.717) is 0 Å². The van der Waals surface area contributed by atoms with Crippen LogP contribution >= 0.6 is 15.9 Å². The first kappa shape index (κ1) is 11.2. The predicted molar refractivity (Wildman–Crippen MR) is 47.4 cm³/mol. The first-order valence-corrected chi connectivity index (χ1v) is 4.29. The molecule has 0 heterocycles. The van der Waals surface area contributed by atoms with Crippen molar-refractivity contribution in [3.63, 3.8) is 0 Å². The van der Waals surface area contributed by atoms with Gasteiger partial charge in [0, 0.05) is 0 Å². The van der Waals surface area contributed by atoms with E-state index in [1.165, 1.54) is 13.2 Å². The van der Waals surface area contributed by atoms with Crippen LogP contribution < -0.4 is 4.74 Å². The number of ether oxygens (including phenoxy) is 1. The Bertz CT molecular complexity index is 349. The maximum Gasteiger partial charge on any atom is 0.420 e. The molecule has 0 amide bonds. The summed E-state index contributed by atoms with van der Waals surface area (Å²) in [5.41, 5.74) is -1.12. The summed E-state index contributed by atoms with van der Waals surface area (Å²) in [6, 6.07) is 1.99. The highest BCUT2D eigenvalue weighted by Gasteiger charge is 2.35. The van der Waals surface area contributed by atoms with Gasteiger partial charge in [-0.15, -0.1) is 0 Å². The number of hydrogen-bond donors (Lipinski definition) is 1. The highest BCUT2D eigenvalue weighted by Crippen LogP contribution is 2.41. The quantitative estimate of drug-likeness (QED) is 0.850. The highest BCUT2D eigenvalue weighted by atomic mass is 79.9. The van der Waals surface area contributed by atoms with Crippen LogP contribution in [0, 0.1) is 0 Å². The second kappa shape index (κ2) is 3.68. The smallest absolute Gasteiger partial charge is 0.420 e. The Hall–Kier alpha value is -0.910. The Morgan fingerprint density at radius 2 is 1.93 bits per heavy atom. The SMILES string of the molecule is COc1cc(Br)c(O)c(C(F)(F)F)c1. The largest absolute Gasteiger partial charge is 0.506 e. The summed E-state index contributed by atoms with van der Waals surface area (Å²) in [6.07, 6.45) is -4.60. The van der Waals surface area contributed by atoms with E-state index in [4.69, 9.17) is 5.11 Å². The minimum absolute atomic E-state index is 0.0296. The van der Waals surface area contributed by atoms with Crippen LogP contribution in [-0.4, -0.2) is 12.2 Å². The molecule has 78 valence electrons. The van der Waals surface area contributed by atoms with Gasteiger partial charge in [0.05, 0.1) is 11.6 Å². The number of aromatic hydroxyl groups is 1. The van der Waals surface area contributed by atoms with Gasteiger partial charge in [0.1, 0.15) is 17.1 Å². The molecule has 0 fully saturated rings. The number of halogens is 4. The Morgan fingerprint density at radius 3 is 2.36 bits per heavy atom. The summed E-state index contributed by atoms with van der Waals surface area (Å²) in [4.78, 5) is 0. The summed E-state index contributed by atoms with van der Waals surface area (Å²) in [5, 5.41) is 9.13. The summed E-state index contributed by atoms with van der Waals surface area (Å²) in [6.45, 7) is 0. The van der Waals surface area contributed by atoms with E-state index in [2.05, 4.69) is 20.7 Å². The average molecular weight is 271 g/mol. The third kappa shape index (κ3) is 2.12. The molecule has 0 unspecified atom stereocenters. The van der Waals surface area contributed by atoms with Gasteiger partial charge in [0.15, 0.2) is 0 Å². The molecule has 1 N–H and O–H groups in total. The molecular formula is C8H6BrF3O2. The predicted octanol–water partition coefficient (Wildman–Crippen LogP) is 3.18. The molecule has 0 saturated carbocycles. The number of methoxy groups -OCH3 is 1. The molecule has 1 rings (SSSR count). The molecule has 2 nitrogen and oxygen atoms in total. The number of phenolic OH excluding ortho intramolecular Hbond substituents is 1. The van der Waals surface area contributed by atoms with Crippen LogP contribution in [0.1, 0.15) is 5.56 Å². The summed E-state index contributed by atoms with van der Waals surface area (Å²) in [5.74, 6) is -0.805. The molecule has 1 aromatic carbocycles. The van der Waals surface area contributed by atoms with Crippen molar-refractivity contribution in [1.82, 2.24) is 0 Å². The van der Waals surface area contributed by atoms with Gasteiger partial charge in [0.2, 0.25) is 0 Å². The van der Waals surface area contributed by atoms with Gasteiger partial charge in [-0.25, -0.2) is 0 Å². The van der Waals surface area contributed by atoms with Gasteiger partial charge in [-0.2, -0.15) is 13.2 Å². The van der Waals surface area contributed by atoms with Crippen LogP contribution in [0.2, 0.25) is 0 Å². The van der Waals surface area contributed by atoms with Crippen molar-refractivity contribution in [3.05, 3.63) is 22.2 Å². The molecule has 0 aliphatic rings. The van der Waals surface area contributed by atoms with Crippen LogP contribution in [0.5, 0.6) is 11.5 Å². The third-order valence-electron chi connectivity index (χ3n) is 1.58. The molecule has 6 heteroatoms. The second-order valence-electron chi connectivity index (χ2n) is 2.50. The van der Waals surface area contributed by atoms with Crippen LogP contribution in [0.15, 0.2) is 16.6 Å². The monoisotopic (exact) mass is 270 g/mol. The van der Waals surface area contributed by atoms with Gasteiger partial charge in [0.25, 0.3) is 0 Å². The van der Waals surface area contributed by atoms with E-state index in [0.717, 1.165) is 6.07 Å². The van der Waals surface area contributed by atoms with Crippen molar-refractivity contribution in [1.29, 1.82) is 0 Å². The molecule has 0 aliphatic heterocycles. The van der Waals surface area contributed by atoms with Crippen LogP contribution in [0.4, 0.5) is 13.2 Å². The van der Waals surface area contributed by atoms with Crippen molar-refractivity contribution in [2.75, 3.05) is 7.11 Å². The molecule has 1 aromatic rings. The Kier molecular flexibility index (Phi) is 2.94. The number of hydrogen-bond acceptors (Lipinski definition) is 2. The zero-order valence-electron chi connectivity index (χ0n) is 7.02. The first-order valence-electron chi connectivity index (χ1n) is 3.50. The van der Waals surface area contributed by atoms with Gasteiger partial charge in [-0.05, 0) is 28.1 Å². The van der Waals surface area contributed by atoms with Crippen LogP contribution in [-0.2, 0) is 6.18 Å². The van der Waals surface area contributed by atoms with Gasteiger partial charge in [-0.1, -0.05) is 0 Å². The maximum absolute atomic E-state index is 12.3. The average Bonchev–Trinajstić information content (AvgIpc) is 2.07. The number of benzene rings is 1. The lowest BCUT2D eigenvalue weighted by Crippen LogP contribution is -2.05. The number of phenols is 1. The van der Waals surface area contributed by atoms with Crippen LogP contribution in [0.3, 0.4) is 0 Å². The Labute approximate surface area is 86.4 Å². The van der Waals surface area contributed by atoms with Crippen molar-refractivity contribution >= 4 is 15.9 Å². The fourth-order valence-electron chi connectivity index (χ4n) is 0.908. The van der Waals surface area contributed by atoms with Gasteiger partial charge >= 0.3 is 6.18 Å². The zero-order chi connectivity index (χ0) is 10.9. The Morgan fingerprint density at radius 1 is 1.36 bits per heavy atom. The van der Waals surface area contributed by atoms with E-state index >= 15 is 0 Å². The standard InChI is InChI=1S/C8H6BrF3O2/c1-14-4-2-5(8(10,11)12)7(13)6(9)3-4/h2-3,13H,1H3. The summed E-state index contributed by atoms with van der Waals surface area (Å²) in [7, 11) is 1.25. The van der Waals surface area contributed by atoms with Gasteiger partial charge in [-0.3, -0.25) is 0 Å². The number of rotatable bonds is 1. The lowest BCUT2D eigenvalue weighted by Gasteiger charge is -2.11. The first-order chi connectivity index (χ1) is 6.36. The fourth-order valence-corrected chi connectivity index (χ4v) is 1.35.